The summed E-state index contributed by atoms with van der Waals surface area (Å²) >= 11 is 11.9. The van der Waals surface area contributed by atoms with Crippen molar-refractivity contribution in [1.29, 1.82) is 0 Å². The Morgan fingerprint density at radius 3 is 2.60 bits per heavy atom. The van der Waals surface area contributed by atoms with Gasteiger partial charge in [0, 0.05) is 16.1 Å². The van der Waals surface area contributed by atoms with E-state index >= 15 is 0 Å². The fourth-order valence-electron chi connectivity index (χ4n) is 1.46. The highest BCUT2D eigenvalue weighted by Crippen LogP contribution is 2.27. The minimum atomic E-state index is -0.0530. The predicted molar refractivity (Wildman–Crippen MR) is 66.3 cm³/mol. The summed E-state index contributed by atoms with van der Waals surface area (Å²) in [5, 5.41) is 1.35. The minimum absolute atomic E-state index is 0.0530. The largest absolute Gasteiger partial charge is 0.330 e. The maximum Gasteiger partial charge on any atom is 0.0454 e. The van der Waals surface area contributed by atoms with Crippen LogP contribution in [0, 0.1) is 0 Å². The van der Waals surface area contributed by atoms with Gasteiger partial charge in [-0.2, -0.15) is 0 Å². The van der Waals surface area contributed by atoms with Crippen molar-refractivity contribution in [3.63, 3.8) is 0 Å². The Morgan fingerprint density at radius 1 is 1.20 bits per heavy atom. The molecule has 0 unspecified atom stereocenters. The molecule has 84 valence electrons. The third kappa shape index (κ3) is 3.99. The molecule has 2 nitrogen and oxygen atoms in total. The van der Waals surface area contributed by atoms with Crippen LogP contribution < -0.4 is 11.5 Å². The quantitative estimate of drug-likeness (QED) is 0.785. The van der Waals surface area contributed by atoms with Crippen LogP contribution in [0.25, 0.3) is 0 Å². The number of hydrogen-bond donors (Lipinski definition) is 2. The SMILES string of the molecule is NCCCC[C@H](N)c1cc(Cl)ccc1Cl. The molecule has 4 heteroatoms. The van der Waals surface area contributed by atoms with Crippen LogP contribution in [0.2, 0.25) is 10.0 Å². The maximum atomic E-state index is 6.04. The third-order valence-corrected chi connectivity index (χ3v) is 2.91. The van der Waals surface area contributed by atoms with Gasteiger partial charge < -0.3 is 11.5 Å². The van der Waals surface area contributed by atoms with Crippen molar-refractivity contribution in [2.24, 2.45) is 11.5 Å². The summed E-state index contributed by atoms with van der Waals surface area (Å²) in [5.74, 6) is 0. The van der Waals surface area contributed by atoms with Crippen LogP contribution in [0.5, 0.6) is 0 Å². The molecular weight excluding hydrogens is 231 g/mol. The molecule has 0 aliphatic heterocycles. The average molecular weight is 247 g/mol. The lowest BCUT2D eigenvalue weighted by molar-refractivity contribution is 0.591. The molecule has 1 aromatic rings. The lowest BCUT2D eigenvalue weighted by Crippen LogP contribution is -2.11. The second-order valence-corrected chi connectivity index (χ2v) is 4.40. The topological polar surface area (TPSA) is 52.0 Å². The van der Waals surface area contributed by atoms with E-state index in [-0.39, 0.29) is 6.04 Å². The van der Waals surface area contributed by atoms with Gasteiger partial charge in [-0.25, -0.2) is 0 Å². The molecule has 1 atom stereocenters. The van der Waals surface area contributed by atoms with Gasteiger partial charge in [0.05, 0.1) is 0 Å². The Labute approximate surface area is 101 Å². The van der Waals surface area contributed by atoms with Crippen molar-refractivity contribution in [3.8, 4) is 0 Å². The number of nitrogens with two attached hydrogens (primary N) is 2. The van der Waals surface area contributed by atoms with Gasteiger partial charge >= 0.3 is 0 Å². The van der Waals surface area contributed by atoms with E-state index in [1.807, 2.05) is 6.07 Å². The highest BCUT2D eigenvalue weighted by atomic mass is 35.5. The Kier molecular flexibility index (Phi) is 5.40. The molecule has 0 saturated heterocycles. The van der Waals surface area contributed by atoms with Crippen LogP contribution in [0.3, 0.4) is 0 Å². The number of rotatable bonds is 5. The van der Waals surface area contributed by atoms with Crippen LogP contribution in [-0.4, -0.2) is 6.54 Å². The van der Waals surface area contributed by atoms with Crippen LogP contribution >= 0.6 is 23.2 Å². The monoisotopic (exact) mass is 246 g/mol. The fourth-order valence-corrected chi connectivity index (χ4v) is 1.90. The van der Waals surface area contributed by atoms with Gasteiger partial charge in [0.1, 0.15) is 0 Å². The molecule has 4 N–H and O–H groups in total. The molecule has 1 aromatic carbocycles. The molecule has 0 heterocycles. The van der Waals surface area contributed by atoms with Gasteiger partial charge in [-0.05, 0) is 43.1 Å². The zero-order valence-corrected chi connectivity index (χ0v) is 10.1. The summed E-state index contributed by atoms with van der Waals surface area (Å²) in [6.07, 6.45) is 2.89. The van der Waals surface area contributed by atoms with Crippen molar-refractivity contribution in [1.82, 2.24) is 0 Å². The van der Waals surface area contributed by atoms with E-state index in [4.69, 9.17) is 34.7 Å². The van der Waals surface area contributed by atoms with E-state index in [9.17, 15) is 0 Å². The molecular formula is C11H16Cl2N2. The van der Waals surface area contributed by atoms with Gasteiger partial charge in [0.25, 0.3) is 0 Å². The molecule has 0 spiro atoms. The summed E-state index contributed by atoms with van der Waals surface area (Å²) < 4.78 is 0. The number of halogens is 2. The first kappa shape index (κ1) is 12.8. The standard InChI is InChI=1S/C11H16Cl2N2/c12-8-4-5-10(13)9(7-8)11(15)3-1-2-6-14/h4-5,7,11H,1-3,6,14-15H2/t11-/m0/s1. The molecule has 0 bridgehead atoms. The van der Waals surface area contributed by atoms with E-state index < -0.39 is 0 Å². The number of benzene rings is 1. The Hall–Kier alpha value is -0.280. The van der Waals surface area contributed by atoms with Gasteiger partial charge in [-0.3, -0.25) is 0 Å². The zero-order valence-electron chi connectivity index (χ0n) is 8.55. The van der Waals surface area contributed by atoms with E-state index in [1.165, 1.54) is 0 Å². The van der Waals surface area contributed by atoms with Crippen molar-refractivity contribution in [3.05, 3.63) is 33.8 Å². The second-order valence-electron chi connectivity index (χ2n) is 3.56. The molecule has 0 saturated carbocycles. The van der Waals surface area contributed by atoms with Crippen LogP contribution in [0.1, 0.15) is 30.9 Å². The summed E-state index contributed by atoms with van der Waals surface area (Å²) in [7, 11) is 0. The van der Waals surface area contributed by atoms with Crippen LogP contribution in [-0.2, 0) is 0 Å². The van der Waals surface area contributed by atoms with Gasteiger partial charge in [0.15, 0.2) is 0 Å². The molecule has 0 aliphatic carbocycles. The highest BCUT2D eigenvalue weighted by Gasteiger charge is 2.10. The van der Waals surface area contributed by atoms with Crippen LogP contribution in [0.15, 0.2) is 18.2 Å². The van der Waals surface area contributed by atoms with E-state index in [2.05, 4.69) is 0 Å². The Morgan fingerprint density at radius 2 is 1.93 bits per heavy atom. The minimum Gasteiger partial charge on any atom is -0.330 e. The van der Waals surface area contributed by atoms with Crippen LogP contribution in [0.4, 0.5) is 0 Å². The zero-order chi connectivity index (χ0) is 11.3. The van der Waals surface area contributed by atoms with Crippen molar-refractivity contribution < 1.29 is 0 Å². The Balaban J connectivity index is 2.64. The van der Waals surface area contributed by atoms with E-state index in [0.29, 0.717) is 16.6 Å². The number of unbranched alkanes of at least 4 members (excludes halogenated alkanes) is 1. The molecule has 0 radical (unpaired) electrons. The average Bonchev–Trinajstić information content (AvgIpc) is 2.22. The van der Waals surface area contributed by atoms with E-state index in [1.54, 1.807) is 12.1 Å². The summed E-state index contributed by atoms with van der Waals surface area (Å²) in [6, 6.07) is 5.32. The van der Waals surface area contributed by atoms with E-state index in [0.717, 1.165) is 24.8 Å². The van der Waals surface area contributed by atoms with Gasteiger partial charge in [0.2, 0.25) is 0 Å². The number of hydrogen-bond acceptors (Lipinski definition) is 2. The molecule has 0 aromatic heterocycles. The lowest BCUT2D eigenvalue weighted by Gasteiger charge is -2.13. The first-order chi connectivity index (χ1) is 7.15. The second kappa shape index (κ2) is 6.33. The molecule has 0 aliphatic rings. The molecule has 0 amide bonds. The van der Waals surface area contributed by atoms with Crippen molar-refractivity contribution >= 4 is 23.2 Å². The first-order valence-corrected chi connectivity index (χ1v) is 5.81. The van der Waals surface area contributed by atoms with Gasteiger partial charge in [-0.15, -0.1) is 0 Å². The smallest absolute Gasteiger partial charge is 0.0454 e. The fraction of sp³-hybridized carbons (Fsp3) is 0.455. The summed E-state index contributed by atoms with van der Waals surface area (Å²) in [6.45, 7) is 0.704. The normalized spacial score (nSPS) is 12.8. The third-order valence-electron chi connectivity index (χ3n) is 2.33. The summed E-state index contributed by atoms with van der Waals surface area (Å²) in [5.41, 5.74) is 12.4. The van der Waals surface area contributed by atoms with Crippen molar-refractivity contribution in [2.75, 3.05) is 6.54 Å². The summed E-state index contributed by atoms with van der Waals surface area (Å²) in [4.78, 5) is 0. The maximum absolute atomic E-state index is 6.04. The first-order valence-electron chi connectivity index (χ1n) is 5.05. The lowest BCUT2D eigenvalue weighted by atomic mass is 10.0. The molecule has 1 rings (SSSR count). The van der Waals surface area contributed by atoms with Crippen molar-refractivity contribution in [2.45, 2.75) is 25.3 Å². The Bertz CT molecular complexity index is 315. The molecule has 0 fully saturated rings. The van der Waals surface area contributed by atoms with Gasteiger partial charge in [-0.1, -0.05) is 29.6 Å². The highest BCUT2D eigenvalue weighted by molar-refractivity contribution is 6.33. The molecule has 15 heavy (non-hydrogen) atoms. The predicted octanol–water partition coefficient (Wildman–Crippen LogP) is 3.12.